The molecule has 0 saturated carbocycles. The van der Waals surface area contributed by atoms with Gasteiger partial charge in [0.15, 0.2) is 0 Å². The first-order valence-corrected chi connectivity index (χ1v) is 5.23. The van der Waals surface area contributed by atoms with Crippen LogP contribution in [0.1, 0.15) is 26.7 Å². The molecule has 0 aromatic carbocycles. The van der Waals surface area contributed by atoms with Crippen LogP contribution in [0.2, 0.25) is 4.47 Å². The average molecular weight is 143 g/mol. The zero-order valence-corrected chi connectivity index (χ0v) is 9.19. The third-order valence-electron chi connectivity index (χ3n) is 1.39. The van der Waals surface area contributed by atoms with E-state index in [-0.39, 0.29) is 0 Å². The van der Waals surface area contributed by atoms with E-state index in [9.17, 15) is 0 Å². The second-order valence-corrected chi connectivity index (χ2v) is 5.35. The summed E-state index contributed by atoms with van der Waals surface area (Å²) >= 11 is 1.08. The molecule has 0 bridgehead atoms. The Hall–Kier alpha value is 0.636. The van der Waals surface area contributed by atoms with Crippen molar-refractivity contribution in [2.75, 3.05) is 0 Å². The molecular weight excluding hydrogens is 130 g/mol. The van der Waals surface area contributed by atoms with Crippen LogP contribution in [-0.4, -0.2) is 18.6 Å². The average Bonchev–Trinajstić information content (AvgIpc) is 1.65. The van der Waals surface area contributed by atoms with Crippen LogP contribution in [0.5, 0.6) is 0 Å². The van der Waals surface area contributed by atoms with Crippen molar-refractivity contribution < 1.29 is 0 Å². The van der Waals surface area contributed by atoms with Crippen molar-refractivity contribution in [1.82, 2.24) is 0 Å². The van der Waals surface area contributed by atoms with Gasteiger partial charge in [-0.15, -0.1) is 0 Å². The molecule has 0 aliphatic heterocycles. The van der Waals surface area contributed by atoms with Gasteiger partial charge in [-0.25, -0.2) is 0 Å². The van der Waals surface area contributed by atoms with Crippen molar-refractivity contribution in [2.24, 2.45) is 0 Å². The van der Waals surface area contributed by atoms with Gasteiger partial charge < -0.3 is 0 Å². The monoisotopic (exact) mass is 142 g/mol. The third-order valence-corrected chi connectivity index (χ3v) is 4.82. The molecule has 0 nitrogen and oxygen atoms in total. The molecule has 0 aliphatic carbocycles. The van der Waals surface area contributed by atoms with Gasteiger partial charge in [0.1, 0.15) is 0 Å². The third kappa shape index (κ3) is 2.85. The first-order chi connectivity index (χ1) is 2.81. The minimum atomic E-state index is 1.08. The number of hydrogen-bond acceptors (Lipinski definition) is 0. The number of hydrogen-bond donors (Lipinski definition) is 0. The second kappa shape index (κ2) is 3.81. The Kier molecular flexibility index (Phi) is 4.22. The summed E-state index contributed by atoms with van der Waals surface area (Å²) < 4.78 is 1.12. The van der Waals surface area contributed by atoms with E-state index in [0.717, 1.165) is 23.1 Å². The van der Waals surface area contributed by atoms with Gasteiger partial charge >= 0.3 is 49.8 Å². The summed E-state index contributed by atoms with van der Waals surface area (Å²) in [7, 11) is 0. The fraction of sp³-hybridized carbons (Fsp3) is 1.00. The first-order valence-electron chi connectivity index (χ1n) is 2.81. The Morgan fingerprint density at radius 2 is 1.67 bits per heavy atom. The summed E-state index contributed by atoms with van der Waals surface area (Å²) in [4.78, 5) is 0. The van der Waals surface area contributed by atoms with Gasteiger partial charge in [0.2, 0.25) is 0 Å². The van der Waals surface area contributed by atoms with Crippen molar-refractivity contribution in [3.8, 4) is 0 Å². The van der Waals surface area contributed by atoms with E-state index < -0.39 is 0 Å². The molecule has 0 heterocycles. The molecule has 0 aliphatic rings. The predicted octanol–water partition coefficient (Wildman–Crippen LogP) is 1.23. The molecule has 0 saturated heterocycles. The minimum absolute atomic E-state index is 1.08. The second-order valence-electron chi connectivity index (χ2n) is 1.92. The molecule has 0 N–H and O–H groups in total. The van der Waals surface area contributed by atoms with E-state index in [1.165, 1.54) is 12.8 Å². The van der Waals surface area contributed by atoms with E-state index in [2.05, 4.69) is 13.8 Å². The van der Waals surface area contributed by atoms with Gasteiger partial charge in [-0.1, -0.05) is 0 Å². The van der Waals surface area contributed by atoms with Crippen LogP contribution in [0.25, 0.3) is 0 Å². The van der Waals surface area contributed by atoms with E-state index >= 15 is 0 Å². The Morgan fingerprint density at radius 3 is 1.67 bits per heavy atom. The molecule has 1 heteroatoms. The Balaban J connectivity index is 2.75. The molecule has 0 fully saturated rings. The molecule has 0 radical (unpaired) electrons. The van der Waals surface area contributed by atoms with Crippen molar-refractivity contribution in [1.29, 1.82) is 0 Å². The molecule has 0 rings (SSSR count). The topological polar surface area (TPSA) is 0 Å². The van der Waals surface area contributed by atoms with Crippen LogP contribution in [0.4, 0.5) is 0 Å². The van der Waals surface area contributed by atoms with Crippen LogP contribution >= 0.6 is 0 Å². The van der Waals surface area contributed by atoms with Crippen LogP contribution in [0, 0.1) is 0 Å². The van der Waals surface area contributed by atoms with Gasteiger partial charge in [-0.05, 0) is 0 Å². The summed E-state index contributed by atoms with van der Waals surface area (Å²) in [6.07, 6.45) is 2.83. The van der Waals surface area contributed by atoms with Gasteiger partial charge in [0, 0.05) is 0 Å². The van der Waals surface area contributed by atoms with Gasteiger partial charge in [-0.2, -0.15) is 0 Å². The quantitative estimate of drug-likeness (QED) is 0.509. The van der Waals surface area contributed by atoms with Gasteiger partial charge in [-0.3, -0.25) is 0 Å². The molecule has 0 unspecified atom stereocenters. The summed E-state index contributed by atoms with van der Waals surface area (Å²) in [5, 5.41) is 0. The van der Waals surface area contributed by atoms with Gasteiger partial charge in [0.25, 0.3) is 0 Å². The van der Waals surface area contributed by atoms with Crippen molar-refractivity contribution in [2.45, 2.75) is 31.2 Å². The summed E-state index contributed by atoms with van der Waals surface area (Å²) in [5.74, 6) is 0. The van der Waals surface area contributed by atoms with E-state index in [1.54, 1.807) is 0 Å². The normalized spacial score (nSPS) is 9.83. The Bertz CT molecular complexity index is 23.1. The summed E-state index contributed by atoms with van der Waals surface area (Å²) in [5.41, 5.74) is 0. The maximum atomic E-state index is 2.28. The molecule has 0 amide bonds. The zero-order chi connectivity index (χ0) is 4.99. The fourth-order valence-corrected chi connectivity index (χ4v) is 0.289. The molecule has 0 atom stereocenters. The van der Waals surface area contributed by atoms with Crippen molar-refractivity contribution in [3.05, 3.63) is 0 Å². The first kappa shape index (κ1) is 6.64. The number of rotatable bonds is 2. The van der Waals surface area contributed by atoms with Crippen LogP contribution in [0.3, 0.4) is 0 Å². The molecule has 0 aromatic rings. The molecule has 0 aromatic heterocycles. The standard InChI is InChI=1S/C5H11.Ga.2H/c1-3-5-4-2;;;/h5H,3-4H2,1-2H3;;;. The maximum absolute atomic E-state index is 2.28. The van der Waals surface area contributed by atoms with Crippen molar-refractivity contribution in [3.63, 3.8) is 0 Å². The fourth-order valence-electron chi connectivity index (χ4n) is 0.289. The van der Waals surface area contributed by atoms with Gasteiger partial charge in [0.05, 0.1) is 0 Å². The van der Waals surface area contributed by atoms with Crippen LogP contribution < -0.4 is 0 Å². The summed E-state index contributed by atoms with van der Waals surface area (Å²) in [6, 6.07) is 0. The van der Waals surface area contributed by atoms with E-state index in [1.807, 2.05) is 0 Å². The predicted molar refractivity (Wildman–Crippen MR) is 32.9 cm³/mol. The van der Waals surface area contributed by atoms with Crippen LogP contribution in [-0.2, 0) is 0 Å². The van der Waals surface area contributed by atoms with Crippen molar-refractivity contribution >= 4 is 18.6 Å². The van der Waals surface area contributed by atoms with E-state index in [4.69, 9.17) is 0 Å². The van der Waals surface area contributed by atoms with E-state index in [0.29, 0.717) is 0 Å². The molecule has 36 valence electrons. The van der Waals surface area contributed by atoms with Crippen LogP contribution in [0.15, 0.2) is 0 Å². The molecule has 0 spiro atoms. The zero-order valence-electron chi connectivity index (χ0n) is 4.99. The summed E-state index contributed by atoms with van der Waals surface area (Å²) in [6.45, 7) is 4.55. The Labute approximate surface area is 50.2 Å². The SMILES string of the molecule is CC[CH]([GaH2])CC. The Morgan fingerprint density at radius 1 is 1.33 bits per heavy atom. The molecule has 6 heavy (non-hydrogen) atoms. The molecular formula is C5H13Ga.